The second kappa shape index (κ2) is 4.21. The summed E-state index contributed by atoms with van der Waals surface area (Å²) in [5, 5.41) is 7.64. The molecule has 2 aliphatic rings. The fraction of sp³-hybridized carbons (Fsp3) is 1.00. The summed E-state index contributed by atoms with van der Waals surface area (Å²) in [6, 6.07) is 0. The first-order chi connectivity index (χ1) is 8.00. The Hall–Kier alpha value is 3.15. The highest BCUT2D eigenvalue weighted by Gasteiger charge is 3.04. The zero-order valence-corrected chi connectivity index (χ0v) is 16.4. The predicted octanol–water partition coefficient (Wildman–Crippen LogP) is 5.59. The zero-order valence-electron chi connectivity index (χ0n) is 8.10. The molecule has 1 nitrogen and oxygen atoms in total. The summed E-state index contributed by atoms with van der Waals surface area (Å²) in [7, 11) is 0. The molecule has 0 aliphatic heterocycles. The Morgan fingerprint density at radius 1 is 0.421 bits per heavy atom. The second-order valence-corrected chi connectivity index (χ2v) is 11.2. The van der Waals surface area contributed by atoms with Gasteiger partial charge in [0.25, 0.3) is 0 Å². The lowest BCUT2D eigenvalue weighted by molar-refractivity contribution is 0.0685. The minimum Gasteiger partial charge on any atom is -0.370 e. The summed E-state index contributed by atoms with van der Waals surface area (Å²) in [6.45, 7) is 0. The van der Waals surface area contributed by atoms with E-state index < -0.39 is 32.1 Å². The molecule has 112 valence electrons. The standard InChI is InChI=1S/C7HCl11O/c8-1-3(10,11)2(9,5(14,15)4(1,12)13)7(18,19)6(1,16)17/h19H. The van der Waals surface area contributed by atoms with Crippen molar-refractivity contribution in [1.29, 1.82) is 0 Å². The van der Waals surface area contributed by atoms with Crippen LogP contribution in [0.1, 0.15) is 0 Å². The van der Waals surface area contributed by atoms with Crippen molar-refractivity contribution in [3.05, 3.63) is 0 Å². The van der Waals surface area contributed by atoms with E-state index in [2.05, 4.69) is 0 Å². The van der Waals surface area contributed by atoms with Crippen molar-refractivity contribution < 1.29 is 5.11 Å². The van der Waals surface area contributed by atoms with E-state index in [0.717, 1.165) is 0 Å². The van der Waals surface area contributed by atoms with Crippen LogP contribution in [0.15, 0.2) is 0 Å². The number of rotatable bonds is 0. The molecule has 3 atom stereocenters. The largest absolute Gasteiger partial charge is 0.370 e. The lowest BCUT2D eigenvalue weighted by Gasteiger charge is -2.53. The van der Waals surface area contributed by atoms with E-state index in [0.29, 0.717) is 0 Å². The summed E-state index contributed by atoms with van der Waals surface area (Å²) in [5.41, 5.74) is 0. The molecular formula is C7HCl11O. The Morgan fingerprint density at radius 2 is 0.737 bits per heavy atom. The highest BCUT2D eigenvalue weighted by atomic mass is 35.6. The Kier molecular flexibility index (Phi) is 4.10. The van der Waals surface area contributed by atoms with Crippen LogP contribution >= 0.6 is 128 Å². The van der Waals surface area contributed by atoms with E-state index >= 15 is 0 Å². The quantitative estimate of drug-likeness (QED) is 0.439. The first-order valence-electron chi connectivity index (χ1n) is 4.30. The highest BCUT2D eigenvalue weighted by molar-refractivity contribution is 6.79. The predicted molar refractivity (Wildman–Crippen MR) is 85.7 cm³/mol. The molecule has 2 saturated carbocycles. The molecule has 0 aromatic heterocycles. The molecule has 19 heavy (non-hydrogen) atoms. The lowest BCUT2D eigenvalue weighted by Crippen LogP contribution is -2.72. The van der Waals surface area contributed by atoms with Crippen LogP contribution in [0.4, 0.5) is 0 Å². The van der Waals surface area contributed by atoms with Crippen LogP contribution in [0.2, 0.25) is 0 Å². The molecule has 1 N–H and O–H groups in total. The Morgan fingerprint density at radius 3 is 1.00 bits per heavy atom. The molecule has 0 amide bonds. The molecule has 2 aliphatic carbocycles. The van der Waals surface area contributed by atoms with Gasteiger partial charge in [0.05, 0.1) is 0 Å². The topological polar surface area (TPSA) is 20.2 Å². The van der Waals surface area contributed by atoms with Gasteiger partial charge in [-0.3, -0.25) is 0 Å². The fourth-order valence-corrected chi connectivity index (χ4v) is 8.61. The maximum absolute atomic E-state index is 10.4. The van der Waals surface area contributed by atoms with Gasteiger partial charge in [0.15, 0.2) is 32.1 Å². The normalized spacial score (nSPS) is 52.4. The van der Waals surface area contributed by atoms with E-state index in [-0.39, 0.29) is 0 Å². The van der Waals surface area contributed by atoms with Crippen molar-refractivity contribution in [2.45, 2.75) is 32.1 Å². The summed E-state index contributed by atoms with van der Waals surface area (Å²) in [4.78, 5) is -4.86. The third kappa shape index (κ3) is 1.37. The van der Waals surface area contributed by atoms with Gasteiger partial charge in [0, 0.05) is 0 Å². The van der Waals surface area contributed by atoms with Crippen molar-refractivity contribution in [3.63, 3.8) is 0 Å². The minimum absolute atomic E-state index is 2.33. The summed E-state index contributed by atoms with van der Waals surface area (Å²) in [6.07, 6.45) is 0. The van der Waals surface area contributed by atoms with Crippen molar-refractivity contribution in [3.8, 4) is 0 Å². The molecule has 0 aromatic carbocycles. The minimum atomic E-state index is -2.73. The SMILES string of the molecule is OC1(Cl)C(Cl)(Cl)C2(Cl)C(Cl)(Cl)C(Cl)(Cl)C1(Cl)C2(Cl)Cl. The maximum Gasteiger partial charge on any atom is 0.199 e. The van der Waals surface area contributed by atoms with Crippen molar-refractivity contribution in [2.75, 3.05) is 0 Å². The van der Waals surface area contributed by atoms with Crippen molar-refractivity contribution >= 4 is 128 Å². The number of alkyl halides is 11. The van der Waals surface area contributed by atoms with Crippen molar-refractivity contribution in [2.24, 2.45) is 0 Å². The third-order valence-corrected chi connectivity index (χ3v) is 11.8. The molecule has 2 bridgehead atoms. The monoisotopic (exact) mass is 486 g/mol. The Labute approximate surface area is 163 Å². The average molecular weight is 491 g/mol. The van der Waals surface area contributed by atoms with Gasteiger partial charge in [0.1, 0.15) is 0 Å². The molecule has 2 fully saturated rings. The van der Waals surface area contributed by atoms with Gasteiger partial charge in [-0.1, -0.05) is 104 Å². The number of fused-ring (bicyclic) bond motifs is 2. The first kappa shape index (κ1) is 18.5. The fourth-order valence-electron chi connectivity index (χ4n) is 2.32. The molecule has 0 saturated heterocycles. The van der Waals surface area contributed by atoms with E-state index in [1.54, 1.807) is 0 Å². The zero-order chi connectivity index (χ0) is 15.5. The molecule has 0 radical (unpaired) electrons. The Balaban J connectivity index is 2.99. The molecule has 0 spiro atoms. The number of hydrogen-bond donors (Lipinski definition) is 1. The van der Waals surface area contributed by atoms with E-state index in [1.807, 2.05) is 0 Å². The third-order valence-electron chi connectivity index (χ3n) is 3.43. The van der Waals surface area contributed by atoms with Gasteiger partial charge >= 0.3 is 0 Å². The summed E-state index contributed by atoms with van der Waals surface area (Å²) < 4.78 is -9.54. The van der Waals surface area contributed by atoms with Crippen LogP contribution in [0.25, 0.3) is 0 Å². The van der Waals surface area contributed by atoms with Crippen molar-refractivity contribution in [1.82, 2.24) is 0 Å². The van der Waals surface area contributed by atoms with Crippen LogP contribution < -0.4 is 0 Å². The number of hydrogen-bond acceptors (Lipinski definition) is 1. The summed E-state index contributed by atoms with van der Waals surface area (Å²) in [5.74, 6) is 0. The van der Waals surface area contributed by atoms with Gasteiger partial charge in [-0.15, -0.1) is 23.2 Å². The van der Waals surface area contributed by atoms with E-state index in [4.69, 9.17) is 128 Å². The molecule has 3 unspecified atom stereocenters. The van der Waals surface area contributed by atoms with E-state index in [9.17, 15) is 5.11 Å². The Bertz CT molecular complexity index is 384. The van der Waals surface area contributed by atoms with Gasteiger partial charge < -0.3 is 5.11 Å². The smallest absolute Gasteiger partial charge is 0.199 e. The van der Waals surface area contributed by atoms with Gasteiger partial charge in [-0.05, 0) is 0 Å². The van der Waals surface area contributed by atoms with Crippen LogP contribution in [-0.2, 0) is 0 Å². The van der Waals surface area contributed by atoms with Crippen LogP contribution in [0.3, 0.4) is 0 Å². The molecule has 0 aromatic rings. The van der Waals surface area contributed by atoms with Gasteiger partial charge in [0.2, 0.25) is 0 Å². The molecular weight excluding hydrogens is 490 g/mol. The molecule has 2 rings (SSSR count). The van der Waals surface area contributed by atoms with Crippen LogP contribution in [-0.4, -0.2) is 37.2 Å². The van der Waals surface area contributed by atoms with E-state index in [1.165, 1.54) is 0 Å². The number of halogens is 11. The molecule has 12 heteroatoms. The van der Waals surface area contributed by atoms with Crippen LogP contribution in [0, 0.1) is 0 Å². The second-order valence-electron chi connectivity index (χ2n) is 4.24. The van der Waals surface area contributed by atoms with Crippen LogP contribution in [0.5, 0.6) is 0 Å². The number of aliphatic hydroxyl groups is 1. The first-order valence-corrected chi connectivity index (χ1v) is 8.46. The van der Waals surface area contributed by atoms with Gasteiger partial charge in [-0.25, -0.2) is 0 Å². The van der Waals surface area contributed by atoms with Gasteiger partial charge in [-0.2, -0.15) is 0 Å². The highest BCUT2D eigenvalue weighted by Crippen LogP contribution is 2.88. The summed E-state index contributed by atoms with van der Waals surface area (Å²) >= 11 is 66.7. The maximum atomic E-state index is 10.4. The average Bonchev–Trinajstić information content (AvgIpc) is 2.32. The lowest BCUT2D eigenvalue weighted by atomic mass is 9.92. The molecule has 0 heterocycles.